The number of hydrogen-bond donors (Lipinski definition) is 1. The van der Waals surface area contributed by atoms with Crippen LogP contribution in [0, 0.1) is 5.92 Å². The van der Waals surface area contributed by atoms with E-state index in [9.17, 15) is 4.79 Å². The molecule has 0 aromatic carbocycles. The number of likely N-dealkylation sites (N-methyl/N-ethyl adjacent to an activating group) is 1. The fraction of sp³-hybridized carbons (Fsp3) is 0.929. The molecule has 4 heteroatoms. The van der Waals surface area contributed by atoms with E-state index in [1.165, 1.54) is 38.8 Å². The standard InChI is InChI=1S/C14H27N3O/c1-12-3-9-17(10-4-12)13-5-7-16(8-6-13)11-14(18)15-2/h12-13H,3-11H2,1-2H3,(H,15,18). The van der Waals surface area contributed by atoms with E-state index < -0.39 is 0 Å². The van der Waals surface area contributed by atoms with Gasteiger partial charge < -0.3 is 10.2 Å². The Morgan fingerprint density at radius 2 is 1.72 bits per heavy atom. The molecule has 0 radical (unpaired) electrons. The molecule has 1 N–H and O–H groups in total. The molecule has 4 nitrogen and oxygen atoms in total. The van der Waals surface area contributed by atoms with Crippen LogP contribution in [-0.2, 0) is 4.79 Å². The highest BCUT2D eigenvalue weighted by Gasteiger charge is 2.27. The molecule has 2 saturated heterocycles. The highest BCUT2D eigenvalue weighted by molar-refractivity contribution is 5.77. The van der Waals surface area contributed by atoms with Crippen molar-refractivity contribution >= 4 is 5.91 Å². The van der Waals surface area contributed by atoms with Crippen LogP contribution in [-0.4, -0.2) is 61.5 Å². The maximum Gasteiger partial charge on any atom is 0.233 e. The average Bonchev–Trinajstić information content (AvgIpc) is 2.40. The minimum Gasteiger partial charge on any atom is -0.358 e. The molecule has 0 unspecified atom stereocenters. The molecule has 1 amide bonds. The van der Waals surface area contributed by atoms with E-state index >= 15 is 0 Å². The van der Waals surface area contributed by atoms with Gasteiger partial charge in [-0.05, 0) is 44.7 Å². The third-order valence-electron chi connectivity index (χ3n) is 4.54. The van der Waals surface area contributed by atoms with Crippen molar-refractivity contribution in [3.05, 3.63) is 0 Å². The van der Waals surface area contributed by atoms with Gasteiger partial charge in [0.25, 0.3) is 0 Å². The summed E-state index contributed by atoms with van der Waals surface area (Å²) in [6.45, 7) is 7.64. The monoisotopic (exact) mass is 253 g/mol. The number of rotatable bonds is 3. The first-order valence-corrected chi connectivity index (χ1v) is 7.36. The minimum absolute atomic E-state index is 0.139. The summed E-state index contributed by atoms with van der Waals surface area (Å²) in [4.78, 5) is 16.3. The Morgan fingerprint density at radius 3 is 2.28 bits per heavy atom. The summed E-state index contributed by atoms with van der Waals surface area (Å²) in [5.74, 6) is 1.05. The van der Waals surface area contributed by atoms with Gasteiger partial charge in [-0.2, -0.15) is 0 Å². The predicted octanol–water partition coefficient (Wildman–Crippen LogP) is 0.929. The second-order valence-electron chi connectivity index (χ2n) is 5.90. The molecule has 0 aromatic rings. The van der Waals surface area contributed by atoms with Crippen molar-refractivity contribution in [2.75, 3.05) is 39.8 Å². The second kappa shape index (κ2) is 6.53. The molecule has 2 rings (SSSR count). The molecule has 104 valence electrons. The Labute approximate surface area is 111 Å². The van der Waals surface area contributed by atoms with Gasteiger partial charge in [0.2, 0.25) is 5.91 Å². The van der Waals surface area contributed by atoms with Gasteiger partial charge in [-0.1, -0.05) is 6.92 Å². The summed E-state index contributed by atoms with van der Waals surface area (Å²) in [5.41, 5.74) is 0. The van der Waals surface area contributed by atoms with E-state index in [4.69, 9.17) is 0 Å². The largest absolute Gasteiger partial charge is 0.358 e. The van der Waals surface area contributed by atoms with Crippen LogP contribution in [0.25, 0.3) is 0 Å². The van der Waals surface area contributed by atoms with Crippen molar-refractivity contribution in [1.29, 1.82) is 0 Å². The van der Waals surface area contributed by atoms with Crippen molar-refractivity contribution in [3.8, 4) is 0 Å². The third-order valence-corrected chi connectivity index (χ3v) is 4.54. The number of carbonyl (C=O) groups excluding carboxylic acids is 1. The molecule has 2 heterocycles. The first kappa shape index (κ1) is 13.8. The van der Waals surface area contributed by atoms with Crippen molar-refractivity contribution < 1.29 is 4.79 Å². The number of hydrogen-bond acceptors (Lipinski definition) is 3. The minimum atomic E-state index is 0.139. The summed E-state index contributed by atoms with van der Waals surface area (Å²) < 4.78 is 0. The lowest BCUT2D eigenvalue weighted by Crippen LogP contribution is -2.49. The van der Waals surface area contributed by atoms with Crippen molar-refractivity contribution in [2.24, 2.45) is 5.92 Å². The molecule has 0 aliphatic carbocycles. The second-order valence-corrected chi connectivity index (χ2v) is 5.90. The van der Waals surface area contributed by atoms with Crippen LogP contribution in [0.3, 0.4) is 0 Å². The quantitative estimate of drug-likeness (QED) is 0.813. The topological polar surface area (TPSA) is 35.6 Å². The number of nitrogens with zero attached hydrogens (tertiary/aromatic N) is 2. The molecule has 2 aliphatic rings. The van der Waals surface area contributed by atoms with E-state index in [0.29, 0.717) is 6.54 Å². The zero-order valence-electron chi connectivity index (χ0n) is 11.8. The number of piperidine rings is 2. The van der Waals surface area contributed by atoms with Gasteiger partial charge in [0.1, 0.15) is 0 Å². The fourth-order valence-corrected chi connectivity index (χ4v) is 3.12. The molecule has 0 atom stereocenters. The lowest BCUT2D eigenvalue weighted by atomic mass is 9.95. The maximum atomic E-state index is 11.3. The summed E-state index contributed by atoms with van der Waals surface area (Å²) in [6.07, 6.45) is 5.17. The van der Waals surface area contributed by atoms with Crippen LogP contribution < -0.4 is 5.32 Å². The Bertz CT molecular complexity index is 266. The van der Waals surface area contributed by atoms with E-state index in [0.717, 1.165) is 25.0 Å². The van der Waals surface area contributed by atoms with Crippen molar-refractivity contribution in [2.45, 2.75) is 38.6 Å². The maximum absolute atomic E-state index is 11.3. The van der Waals surface area contributed by atoms with Gasteiger partial charge in [0, 0.05) is 26.2 Å². The van der Waals surface area contributed by atoms with E-state index in [1.807, 2.05) is 0 Å². The van der Waals surface area contributed by atoms with E-state index in [2.05, 4.69) is 22.0 Å². The molecule has 0 spiro atoms. The Kier molecular flexibility index (Phi) is 5.01. The SMILES string of the molecule is CNC(=O)CN1CCC(N2CCC(C)CC2)CC1. The number of likely N-dealkylation sites (tertiary alicyclic amines) is 2. The summed E-state index contributed by atoms with van der Waals surface area (Å²) in [6, 6.07) is 0.762. The zero-order valence-corrected chi connectivity index (χ0v) is 11.8. The van der Waals surface area contributed by atoms with Crippen LogP contribution in [0.2, 0.25) is 0 Å². The predicted molar refractivity (Wildman–Crippen MR) is 73.5 cm³/mol. The normalized spacial score (nSPS) is 25.2. The van der Waals surface area contributed by atoms with Crippen LogP contribution in [0.1, 0.15) is 32.6 Å². The highest BCUT2D eigenvalue weighted by atomic mass is 16.1. The van der Waals surface area contributed by atoms with Gasteiger partial charge in [0.05, 0.1) is 6.54 Å². The first-order valence-electron chi connectivity index (χ1n) is 7.36. The fourth-order valence-electron chi connectivity index (χ4n) is 3.12. The molecule has 18 heavy (non-hydrogen) atoms. The summed E-state index contributed by atoms with van der Waals surface area (Å²) in [5, 5.41) is 2.70. The summed E-state index contributed by atoms with van der Waals surface area (Å²) in [7, 11) is 1.71. The molecule has 2 aliphatic heterocycles. The third kappa shape index (κ3) is 3.69. The van der Waals surface area contributed by atoms with Gasteiger partial charge in [0.15, 0.2) is 0 Å². The van der Waals surface area contributed by atoms with Crippen LogP contribution in [0.4, 0.5) is 0 Å². The van der Waals surface area contributed by atoms with Crippen molar-refractivity contribution in [3.63, 3.8) is 0 Å². The average molecular weight is 253 g/mol. The van der Waals surface area contributed by atoms with Gasteiger partial charge in [-0.15, -0.1) is 0 Å². The Balaban J connectivity index is 1.71. The number of carbonyl (C=O) groups is 1. The van der Waals surface area contributed by atoms with Gasteiger partial charge in [-0.3, -0.25) is 9.69 Å². The molecule has 0 aromatic heterocycles. The smallest absolute Gasteiger partial charge is 0.233 e. The summed E-state index contributed by atoms with van der Waals surface area (Å²) >= 11 is 0. The lowest BCUT2D eigenvalue weighted by molar-refractivity contribution is -0.122. The molecule has 2 fully saturated rings. The molecular weight excluding hydrogens is 226 g/mol. The molecule has 0 saturated carbocycles. The molecular formula is C14H27N3O. The van der Waals surface area contributed by atoms with E-state index in [1.54, 1.807) is 7.05 Å². The lowest BCUT2D eigenvalue weighted by Gasteiger charge is -2.41. The van der Waals surface area contributed by atoms with Crippen molar-refractivity contribution in [1.82, 2.24) is 15.1 Å². The number of amides is 1. The Hall–Kier alpha value is -0.610. The van der Waals surface area contributed by atoms with Crippen LogP contribution in [0.15, 0.2) is 0 Å². The first-order chi connectivity index (χ1) is 8.69. The van der Waals surface area contributed by atoms with Crippen LogP contribution in [0.5, 0.6) is 0 Å². The highest BCUT2D eigenvalue weighted by Crippen LogP contribution is 2.23. The van der Waals surface area contributed by atoms with Gasteiger partial charge in [-0.25, -0.2) is 0 Å². The van der Waals surface area contributed by atoms with E-state index in [-0.39, 0.29) is 5.91 Å². The number of nitrogens with one attached hydrogen (secondary N) is 1. The van der Waals surface area contributed by atoms with Crippen LogP contribution >= 0.6 is 0 Å². The molecule has 0 bridgehead atoms. The van der Waals surface area contributed by atoms with Gasteiger partial charge >= 0.3 is 0 Å². The zero-order chi connectivity index (χ0) is 13.0. The Morgan fingerprint density at radius 1 is 1.11 bits per heavy atom.